The van der Waals surface area contributed by atoms with Gasteiger partial charge in [-0.25, -0.2) is 0 Å². The molecule has 3 nitrogen and oxygen atoms in total. The minimum Gasteiger partial charge on any atom is -0.293 e. The van der Waals surface area contributed by atoms with E-state index in [0.29, 0.717) is 11.3 Å². The summed E-state index contributed by atoms with van der Waals surface area (Å²) in [5.41, 5.74) is 4.34. The van der Waals surface area contributed by atoms with Crippen molar-refractivity contribution < 1.29 is 4.79 Å². The predicted molar refractivity (Wildman–Crippen MR) is 77.9 cm³/mol. The van der Waals surface area contributed by atoms with Crippen LogP contribution in [-0.2, 0) is 6.42 Å². The van der Waals surface area contributed by atoms with Crippen molar-refractivity contribution in [3.8, 4) is 0 Å². The van der Waals surface area contributed by atoms with Gasteiger partial charge in [0.15, 0.2) is 5.78 Å². The lowest BCUT2D eigenvalue weighted by atomic mass is 10.0. The Kier molecular flexibility index (Phi) is 4.10. The van der Waals surface area contributed by atoms with E-state index in [1.807, 2.05) is 19.9 Å². The Morgan fingerprint density at radius 1 is 1.26 bits per heavy atom. The molecular formula is C15H18N2OS. The number of benzene rings is 1. The summed E-state index contributed by atoms with van der Waals surface area (Å²) in [6.07, 6.45) is 0.421. The number of rotatable bonds is 4. The molecule has 0 bridgehead atoms. The molecule has 0 amide bonds. The lowest BCUT2D eigenvalue weighted by molar-refractivity contribution is 0.0995. The summed E-state index contributed by atoms with van der Waals surface area (Å²) in [6.45, 7) is 8.20. The predicted octanol–water partition coefficient (Wildman–Crippen LogP) is 3.70. The number of carbonyl (C=O) groups is 1. The first kappa shape index (κ1) is 13.9. The molecule has 0 unspecified atom stereocenters. The number of hydrogen-bond donors (Lipinski definition) is 0. The van der Waals surface area contributed by atoms with Gasteiger partial charge in [-0.05, 0) is 48.0 Å². The van der Waals surface area contributed by atoms with E-state index in [1.54, 1.807) is 0 Å². The molecule has 0 aliphatic heterocycles. The SMILES string of the molecule is Cc1ccc(CC(=O)c2snnc2C(C)C)cc1C. The fraction of sp³-hybridized carbons (Fsp3) is 0.400. The van der Waals surface area contributed by atoms with E-state index in [-0.39, 0.29) is 11.7 Å². The van der Waals surface area contributed by atoms with E-state index < -0.39 is 0 Å². The molecule has 0 spiro atoms. The van der Waals surface area contributed by atoms with E-state index in [2.05, 4.69) is 35.6 Å². The molecule has 0 fully saturated rings. The summed E-state index contributed by atoms with van der Waals surface area (Å²) in [6, 6.07) is 6.16. The highest BCUT2D eigenvalue weighted by Gasteiger charge is 2.18. The number of hydrogen-bond acceptors (Lipinski definition) is 4. The third-order valence-corrected chi connectivity index (χ3v) is 4.03. The van der Waals surface area contributed by atoms with Crippen LogP contribution in [0.4, 0.5) is 0 Å². The smallest absolute Gasteiger partial charge is 0.180 e. The van der Waals surface area contributed by atoms with Gasteiger partial charge < -0.3 is 0 Å². The van der Waals surface area contributed by atoms with Crippen LogP contribution in [0.5, 0.6) is 0 Å². The molecule has 1 aromatic carbocycles. The van der Waals surface area contributed by atoms with E-state index in [4.69, 9.17) is 0 Å². The molecule has 2 aromatic rings. The van der Waals surface area contributed by atoms with E-state index in [1.165, 1.54) is 22.7 Å². The van der Waals surface area contributed by atoms with Crippen molar-refractivity contribution in [1.82, 2.24) is 9.59 Å². The summed E-state index contributed by atoms with van der Waals surface area (Å²) in [7, 11) is 0. The van der Waals surface area contributed by atoms with Crippen LogP contribution in [0.1, 0.15) is 51.8 Å². The van der Waals surface area contributed by atoms with Crippen LogP contribution in [-0.4, -0.2) is 15.4 Å². The van der Waals surface area contributed by atoms with E-state index in [9.17, 15) is 4.79 Å². The number of carbonyl (C=O) groups excluding carboxylic acids is 1. The Balaban J connectivity index is 2.21. The van der Waals surface area contributed by atoms with Crippen LogP contribution in [0.3, 0.4) is 0 Å². The summed E-state index contributed by atoms with van der Waals surface area (Å²) in [4.78, 5) is 13.0. The van der Waals surface area contributed by atoms with Crippen LogP contribution in [0.15, 0.2) is 18.2 Å². The number of Topliss-reactive ketones (excluding diaryl/α,β-unsaturated/α-hetero) is 1. The average molecular weight is 274 g/mol. The first-order valence-electron chi connectivity index (χ1n) is 6.40. The van der Waals surface area contributed by atoms with E-state index in [0.717, 1.165) is 11.3 Å². The largest absolute Gasteiger partial charge is 0.293 e. The van der Waals surface area contributed by atoms with Crippen LogP contribution in [0.25, 0.3) is 0 Å². The molecule has 0 aliphatic carbocycles. The number of ketones is 1. The number of aromatic nitrogens is 2. The summed E-state index contributed by atoms with van der Waals surface area (Å²) < 4.78 is 3.91. The zero-order valence-corrected chi connectivity index (χ0v) is 12.5. The Morgan fingerprint density at radius 2 is 2.00 bits per heavy atom. The van der Waals surface area contributed by atoms with Crippen molar-refractivity contribution >= 4 is 17.3 Å². The first-order valence-corrected chi connectivity index (χ1v) is 7.18. The first-order chi connectivity index (χ1) is 8.99. The van der Waals surface area contributed by atoms with Gasteiger partial charge in [0.05, 0.1) is 5.69 Å². The van der Waals surface area contributed by atoms with Gasteiger partial charge in [-0.3, -0.25) is 4.79 Å². The van der Waals surface area contributed by atoms with Gasteiger partial charge in [-0.15, -0.1) is 5.10 Å². The highest BCUT2D eigenvalue weighted by atomic mass is 32.1. The second kappa shape index (κ2) is 5.61. The second-order valence-electron chi connectivity index (χ2n) is 5.16. The normalized spacial score (nSPS) is 11.0. The average Bonchev–Trinajstić information content (AvgIpc) is 2.83. The molecule has 0 saturated carbocycles. The molecule has 19 heavy (non-hydrogen) atoms. The highest BCUT2D eigenvalue weighted by molar-refractivity contribution is 7.08. The zero-order chi connectivity index (χ0) is 14.0. The molecule has 1 heterocycles. The van der Waals surface area contributed by atoms with Gasteiger partial charge in [-0.2, -0.15) is 0 Å². The monoisotopic (exact) mass is 274 g/mol. The lowest BCUT2D eigenvalue weighted by Crippen LogP contribution is -2.06. The Labute approximate surface area is 117 Å². The molecule has 0 atom stereocenters. The zero-order valence-electron chi connectivity index (χ0n) is 11.7. The molecular weight excluding hydrogens is 256 g/mol. The van der Waals surface area contributed by atoms with Gasteiger partial charge in [-0.1, -0.05) is 36.5 Å². The Morgan fingerprint density at radius 3 is 2.63 bits per heavy atom. The molecule has 0 aliphatic rings. The van der Waals surface area contributed by atoms with Crippen molar-refractivity contribution in [1.29, 1.82) is 0 Å². The number of aryl methyl sites for hydroxylation is 2. The van der Waals surface area contributed by atoms with Gasteiger partial charge in [0, 0.05) is 6.42 Å². The van der Waals surface area contributed by atoms with Crippen molar-refractivity contribution in [2.45, 2.75) is 40.0 Å². The fourth-order valence-corrected chi connectivity index (χ4v) is 2.70. The van der Waals surface area contributed by atoms with Gasteiger partial charge >= 0.3 is 0 Å². The Bertz CT molecular complexity index is 602. The molecule has 100 valence electrons. The van der Waals surface area contributed by atoms with E-state index >= 15 is 0 Å². The molecule has 4 heteroatoms. The molecule has 1 aromatic heterocycles. The lowest BCUT2D eigenvalue weighted by Gasteiger charge is -2.06. The second-order valence-corrected chi connectivity index (χ2v) is 5.91. The van der Waals surface area contributed by atoms with Crippen molar-refractivity contribution in [2.24, 2.45) is 0 Å². The summed E-state index contributed by atoms with van der Waals surface area (Å²) in [5, 5.41) is 4.06. The van der Waals surface area contributed by atoms with Crippen LogP contribution in [0.2, 0.25) is 0 Å². The third-order valence-electron chi connectivity index (χ3n) is 3.25. The summed E-state index contributed by atoms with van der Waals surface area (Å²) >= 11 is 1.20. The molecule has 0 radical (unpaired) electrons. The third kappa shape index (κ3) is 3.07. The van der Waals surface area contributed by atoms with Crippen LogP contribution < -0.4 is 0 Å². The van der Waals surface area contributed by atoms with Crippen LogP contribution in [0, 0.1) is 13.8 Å². The van der Waals surface area contributed by atoms with Crippen molar-refractivity contribution in [3.05, 3.63) is 45.5 Å². The maximum absolute atomic E-state index is 12.3. The minimum absolute atomic E-state index is 0.113. The van der Waals surface area contributed by atoms with Gasteiger partial charge in [0.25, 0.3) is 0 Å². The van der Waals surface area contributed by atoms with Gasteiger partial charge in [0.1, 0.15) is 4.88 Å². The van der Waals surface area contributed by atoms with Crippen LogP contribution >= 0.6 is 11.5 Å². The molecule has 2 rings (SSSR count). The van der Waals surface area contributed by atoms with Crippen molar-refractivity contribution in [3.63, 3.8) is 0 Å². The topological polar surface area (TPSA) is 42.9 Å². The van der Waals surface area contributed by atoms with Crippen molar-refractivity contribution in [2.75, 3.05) is 0 Å². The number of nitrogens with zero attached hydrogens (tertiary/aromatic N) is 2. The minimum atomic E-state index is 0.113. The fourth-order valence-electron chi connectivity index (χ4n) is 1.95. The summed E-state index contributed by atoms with van der Waals surface area (Å²) in [5.74, 6) is 0.347. The maximum atomic E-state index is 12.3. The Hall–Kier alpha value is -1.55. The van der Waals surface area contributed by atoms with Gasteiger partial charge in [0.2, 0.25) is 0 Å². The maximum Gasteiger partial charge on any atom is 0.180 e. The molecule has 0 N–H and O–H groups in total. The standard InChI is InChI=1S/C15H18N2OS/c1-9(2)14-15(19-17-16-14)13(18)8-12-6-5-10(3)11(4)7-12/h5-7,9H,8H2,1-4H3. The quantitative estimate of drug-likeness (QED) is 0.798. The molecule has 0 saturated heterocycles. The highest BCUT2D eigenvalue weighted by Crippen LogP contribution is 2.22.